The Morgan fingerprint density at radius 2 is 2.10 bits per heavy atom. The summed E-state index contributed by atoms with van der Waals surface area (Å²) >= 11 is 0. The van der Waals surface area contributed by atoms with Crippen molar-refractivity contribution < 1.29 is 4.42 Å². The number of pyridine rings is 1. The van der Waals surface area contributed by atoms with Crippen LogP contribution in [0.2, 0.25) is 0 Å². The second-order valence-electron chi connectivity index (χ2n) is 4.85. The number of hydrogen-bond donors (Lipinski definition) is 1. The maximum atomic E-state index is 5.59. The van der Waals surface area contributed by atoms with Gasteiger partial charge in [0.2, 0.25) is 0 Å². The van der Waals surface area contributed by atoms with E-state index in [1.54, 1.807) is 6.26 Å². The number of benzene rings is 1. The molecule has 0 aliphatic heterocycles. The molecule has 102 valence electrons. The van der Waals surface area contributed by atoms with Crippen molar-refractivity contribution >= 4 is 10.9 Å². The van der Waals surface area contributed by atoms with Crippen LogP contribution in [0.25, 0.3) is 22.0 Å². The van der Waals surface area contributed by atoms with E-state index in [4.69, 9.17) is 4.42 Å². The number of fused-ring (bicyclic) bond motifs is 1. The summed E-state index contributed by atoms with van der Waals surface area (Å²) in [6.45, 7) is 3.91. The predicted octanol–water partition coefficient (Wildman–Crippen LogP) is 3.99. The fraction of sp³-hybridized carbons (Fsp3) is 0.235. The van der Waals surface area contributed by atoms with Crippen LogP contribution in [0.15, 0.2) is 53.3 Å². The molecule has 0 unspecified atom stereocenters. The second kappa shape index (κ2) is 5.88. The number of hydrogen-bond acceptors (Lipinski definition) is 3. The van der Waals surface area contributed by atoms with Gasteiger partial charge in [-0.2, -0.15) is 0 Å². The maximum Gasteiger partial charge on any atom is 0.125 e. The van der Waals surface area contributed by atoms with E-state index >= 15 is 0 Å². The smallest absolute Gasteiger partial charge is 0.125 e. The topological polar surface area (TPSA) is 38.1 Å². The molecule has 3 aromatic rings. The third kappa shape index (κ3) is 2.58. The van der Waals surface area contributed by atoms with E-state index in [1.807, 2.05) is 30.5 Å². The summed E-state index contributed by atoms with van der Waals surface area (Å²) in [6, 6.07) is 12.3. The molecule has 2 aromatic heterocycles. The minimum Gasteiger partial charge on any atom is -0.467 e. The second-order valence-corrected chi connectivity index (χ2v) is 4.85. The molecule has 0 saturated carbocycles. The molecule has 3 rings (SSSR count). The quantitative estimate of drug-likeness (QED) is 0.709. The van der Waals surface area contributed by atoms with E-state index in [0.717, 1.165) is 47.3 Å². The van der Waals surface area contributed by atoms with Crippen LogP contribution in [0.5, 0.6) is 0 Å². The van der Waals surface area contributed by atoms with Gasteiger partial charge < -0.3 is 9.73 Å². The van der Waals surface area contributed by atoms with Crippen LogP contribution in [0, 0.1) is 0 Å². The van der Waals surface area contributed by atoms with E-state index in [0.29, 0.717) is 0 Å². The van der Waals surface area contributed by atoms with Gasteiger partial charge in [-0.15, -0.1) is 0 Å². The van der Waals surface area contributed by atoms with Crippen molar-refractivity contribution in [3.8, 4) is 11.1 Å². The number of para-hydroxylation sites is 1. The summed E-state index contributed by atoms with van der Waals surface area (Å²) in [4.78, 5) is 4.51. The number of nitrogens with zero attached hydrogens (tertiary/aromatic N) is 1. The molecule has 20 heavy (non-hydrogen) atoms. The predicted molar refractivity (Wildman–Crippen MR) is 81.4 cm³/mol. The highest BCUT2D eigenvalue weighted by Crippen LogP contribution is 2.26. The number of rotatable bonds is 5. The minimum absolute atomic E-state index is 0.753. The van der Waals surface area contributed by atoms with Crippen LogP contribution in [-0.2, 0) is 6.54 Å². The average molecular weight is 266 g/mol. The van der Waals surface area contributed by atoms with Crippen molar-refractivity contribution in [2.24, 2.45) is 0 Å². The highest BCUT2D eigenvalue weighted by Gasteiger charge is 2.09. The molecule has 2 heterocycles. The molecule has 0 aliphatic carbocycles. The van der Waals surface area contributed by atoms with Gasteiger partial charge in [-0.25, -0.2) is 0 Å². The van der Waals surface area contributed by atoms with Crippen molar-refractivity contribution in [2.45, 2.75) is 19.9 Å². The minimum atomic E-state index is 0.753. The van der Waals surface area contributed by atoms with Crippen LogP contribution in [-0.4, -0.2) is 11.5 Å². The molecular weight excluding hydrogens is 248 g/mol. The Morgan fingerprint density at radius 1 is 1.20 bits per heavy atom. The van der Waals surface area contributed by atoms with Gasteiger partial charge in [0.05, 0.1) is 18.3 Å². The van der Waals surface area contributed by atoms with E-state index in [1.165, 1.54) is 0 Å². The van der Waals surface area contributed by atoms with Gasteiger partial charge in [-0.05, 0) is 31.2 Å². The first-order valence-corrected chi connectivity index (χ1v) is 7.00. The van der Waals surface area contributed by atoms with E-state index in [2.05, 4.69) is 29.4 Å². The molecule has 1 aromatic carbocycles. The monoisotopic (exact) mass is 266 g/mol. The molecule has 0 aliphatic rings. The van der Waals surface area contributed by atoms with E-state index in [-0.39, 0.29) is 0 Å². The lowest BCUT2D eigenvalue weighted by Crippen LogP contribution is -2.13. The Labute approximate surface area is 118 Å². The molecule has 0 radical (unpaired) electrons. The van der Waals surface area contributed by atoms with Gasteiger partial charge in [-0.1, -0.05) is 25.1 Å². The highest BCUT2D eigenvalue weighted by atomic mass is 16.3. The highest BCUT2D eigenvalue weighted by molar-refractivity contribution is 5.83. The lowest BCUT2D eigenvalue weighted by Gasteiger charge is -2.05. The molecule has 0 fully saturated rings. The lowest BCUT2D eigenvalue weighted by molar-refractivity contribution is 0.484. The Hall–Kier alpha value is -2.13. The van der Waals surface area contributed by atoms with Gasteiger partial charge in [-0.3, -0.25) is 4.98 Å². The Morgan fingerprint density at radius 3 is 3.00 bits per heavy atom. The SMILES string of the molecule is CCCNCc1occc1-c1cnc2ccccc2c1. The normalized spacial score (nSPS) is 11.1. The van der Waals surface area contributed by atoms with Crippen molar-refractivity contribution in [1.82, 2.24) is 10.3 Å². The third-order valence-electron chi connectivity index (χ3n) is 3.36. The van der Waals surface area contributed by atoms with Gasteiger partial charge in [0.1, 0.15) is 5.76 Å². The van der Waals surface area contributed by atoms with Crippen LogP contribution < -0.4 is 5.32 Å². The zero-order chi connectivity index (χ0) is 13.8. The Kier molecular flexibility index (Phi) is 3.79. The Bertz CT molecular complexity index is 703. The van der Waals surface area contributed by atoms with Crippen molar-refractivity contribution in [3.63, 3.8) is 0 Å². The summed E-state index contributed by atoms with van der Waals surface area (Å²) in [5.74, 6) is 0.968. The first-order chi connectivity index (χ1) is 9.88. The summed E-state index contributed by atoms with van der Waals surface area (Å²) in [5.41, 5.74) is 3.24. The van der Waals surface area contributed by atoms with Crippen LogP contribution >= 0.6 is 0 Å². The molecule has 0 atom stereocenters. The first kappa shape index (κ1) is 12.9. The molecule has 0 spiro atoms. The van der Waals surface area contributed by atoms with Gasteiger partial charge >= 0.3 is 0 Å². The van der Waals surface area contributed by atoms with Crippen LogP contribution in [0.1, 0.15) is 19.1 Å². The van der Waals surface area contributed by atoms with Gasteiger partial charge in [0, 0.05) is 22.7 Å². The molecule has 3 heteroatoms. The zero-order valence-corrected chi connectivity index (χ0v) is 11.6. The standard InChI is InChI=1S/C17H18N2O/c1-2-8-18-12-17-15(7-9-20-17)14-10-13-5-3-4-6-16(13)19-11-14/h3-7,9-11,18H,2,8,12H2,1H3. The number of aromatic nitrogens is 1. The lowest BCUT2D eigenvalue weighted by atomic mass is 10.1. The third-order valence-corrected chi connectivity index (χ3v) is 3.36. The van der Waals surface area contributed by atoms with Gasteiger partial charge in [0.25, 0.3) is 0 Å². The largest absolute Gasteiger partial charge is 0.467 e. The van der Waals surface area contributed by atoms with Crippen LogP contribution in [0.3, 0.4) is 0 Å². The first-order valence-electron chi connectivity index (χ1n) is 7.00. The molecule has 3 nitrogen and oxygen atoms in total. The molecular formula is C17H18N2O. The molecule has 0 saturated heterocycles. The van der Waals surface area contributed by atoms with E-state index in [9.17, 15) is 0 Å². The Balaban J connectivity index is 1.92. The maximum absolute atomic E-state index is 5.59. The molecule has 0 amide bonds. The van der Waals surface area contributed by atoms with E-state index < -0.39 is 0 Å². The summed E-state index contributed by atoms with van der Waals surface area (Å²) < 4.78 is 5.59. The summed E-state index contributed by atoms with van der Waals surface area (Å²) in [6.07, 6.45) is 4.78. The summed E-state index contributed by atoms with van der Waals surface area (Å²) in [5, 5.41) is 4.52. The van der Waals surface area contributed by atoms with Crippen LogP contribution in [0.4, 0.5) is 0 Å². The average Bonchev–Trinajstić information content (AvgIpc) is 2.95. The van der Waals surface area contributed by atoms with Crippen molar-refractivity contribution in [1.29, 1.82) is 0 Å². The molecule has 1 N–H and O–H groups in total. The van der Waals surface area contributed by atoms with Gasteiger partial charge in [0.15, 0.2) is 0 Å². The zero-order valence-electron chi connectivity index (χ0n) is 11.6. The fourth-order valence-corrected chi connectivity index (χ4v) is 2.33. The number of furan rings is 1. The molecule has 0 bridgehead atoms. The summed E-state index contributed by atoms with van der Waals surface area (Å²) in [7, 11) is 0. The van der Waals surface area contributed by atoms with Crippen molar-refractivity contribution in [2.75, 3.05) is 6.54 Å². The van der Waals surface area contributed by atoms with Crippen molar-refractivity contribution in [3.05, 3.63) is 54.6 Å². The fourth-order valence-electron chi connectivity index (χ4n) is 2.33. The number of nitrogens with one attached hydrogen (secondary N) is 1.